The van der Waals surface area contributed by atoms with Crippen LogP contribution in [0.5, 0.6) is 0 Å². The number of hydrogen-bond donors (Lipinski definition) is 1. The summed E-state index contributed by atoms with van der Waals surface area (Å²) in [7, 11) is 0. The highest BCUT2D eigenvalue weighted by molar-refractivity contribution is 5.19. The summed E-state index contributed by atoms with van der Waals surface area (Å²) in [5, 5.41) is 3.29. The van der Waals surface area contributed by atoms with Gasteiger partial charge >= 0.3 is 0 Å². The maximum atomic E-state index is 12.8. The van der Waals surface area contributed by atoms with Crippen LogP contribution in [0.2, 0.25) is 0 Å². The largest absolute Gasteiger partial charge is 0.347 e. The first-order chi connectivity index (χ1) is 8.27. The number of piperidine rings is 1. The molecule has 0 amide bonds. The second kappa shape index (κ2) is 4.37. The number of halogens is 1. The van der Waals surface area contributed by atoms with Gasteiger partial charge in [0.2, 0.25) is 0 Å². The lowest BCUT2D eigenvalue weighted by molar-refractivity contribution is -0.183. The highest BCUT2D eigenvalue weighted by Gasteiger charge is 2.42. The molecular weight excluding hydrogens is 221 g/mol. The predicted octanol–water partition coefficient (Wildman–Crippen LogP) is 1.99. The monoisotopic (exact) mass is 237 g/mol. The van der Waals surface area contributed by atoms with Crippen molar-refractivity contribution in [2.24, 2.45) is 0 Å². The number of rotatable bonds is 1. The average molecular weight is 237 g/mol. The number of ether oxygens (including phenoxy) is 2. The van der Waals surface area contributed by atoms with Crippen LogP contribution in [0.25, 0.3) is 0 Å². The zero-order valence-corrected chi connectivity index (χ0v) is 9.62. The third-order valence-corrected chi connectivity index (χ3v) is 3.46. The molecule has 1 unspecified atom stereocenters. The van der Waals surface area contributed by atoms with Gasteiger partial charge in [0.05, 0.1) is 6.61 Å². The smallest absolute Gasteiger partial charge is 0.171 e. The van der Waals surface area contributed by atoms with Crippen LogP contribution in [0.15, 0.2) is 24.3 Å². The topological polar surface area (TPSA) is 30.5 Å². The first-order valence-electron chi connectivity index (χ1n) is 6.05. The lowest BCUT2D eigenvalue weighted by Gasteiger charge is -2.32. The predicted molar refractivity (Wildman–Crippen MR) is 61.0 cm³/mol. The highest BCUT2D eigenvalue weighted by Crippen LogP contribution is 2.38. The minimum Gasteiger partial charge on any atom is -0.347 e. The fourth-order valence-corrected chi connectivity index (χ4v) is 2.47. The molecule has 1 spiro atoms. The molecule has 2 saturated heterocycles. The summed E-state index contributed by atoms with van der Waals surface area (Å²) in [6.45, 7) is 2.41. The van der Waals surface area contributed by atoms with Crippen molar-refractivity contribution in [3.05, 3.63) is 35.6 Å². The molecule has 0 saturated carbocycles. The zero-order valence-electron chi connectivity index (χ0n) is 9.62. The van der Waals surface area contributed by atoms with Crippen molar-refractivity contribution in [2.45, 2.75) is 24.7 Å². The van der Waals surface area contributed by atoms with E-state index in [1.165, 1.54) is 12.1 Å². The van der Waals surface area contributed by atoms with E-state index in [4.69, 9.17) is 9.47 Å². The molecule has 17 heavy (non-hydrogen) atoms. The third-order valence-electron chi connectivity index (χ3n) is 3.46. The minimum atomic E-state index is -0.412. The molecule has 1 N–H and O–H groups in total. The molecule has 2 heterocycles. The van der Waals surface area contributed by atoms with E-state index in [0.717, 1.165) is 31.5 Å². The lowest BCUT2D eigenvalue weighted by Crippen LogP contribution is -2.42. The minimum absolute atomic E-state index is 0.0614. The van der Waals surface area contributed by atoms with Crippen LogP contribution in [0.1, 0.15) is 24.5 Å². The molecular formula is C13H16FNO2. The van der Waals surface area contributed by atoms with Gasteiger partial charge in [0.1, 0.15) is 11.9 Å². The van der Waals surface area contributed by atoms with Crippen molar-refractivity contribution < 1.29 is 13.9 Å². The average Bonchev–Trinajstić information content (AvgIpc) is 2.75. The summed E-state index contributed by atoms with van der Waals surface area (Å²) in [6, 6.07) is 6.46. The zero-order chi connectivity index (χ0) is 11.7. The van der Waals surface area contributed by atoms with E-state index in [-0.39, 0.29) is 11.9 Å². The molecule has 3 nitrogen and oxygen atoms in total. The summed E-state index contributed by atoms with van der Waals surface area (Å²) in [5.74, 6) is -0.631. The maximum Gasteiger partial charge on any atom is 0.171 e. The van der Waals surface area contributed by atoms with E-state index >= 15 is 0 Å². The molecule has 2 fully saturated rings. The van der Waals surface area contributed by atoms with Gasteiger partial charge < -0.3 is 14.8 Å². The van der Waals surface area contributed by atoms with E-state index < -0.39 is 5.79 Å². The second-order valence-corrected chi connectivity index (χ2v) is 4.63. The molecule has 92 valence electrons. The molecule has 0 bridgehead atoms. The first kappa shape index (κ1) is 11.1. The Balaban J connectivity index is 1.72. The molecule has 0 aromatic heterocycles. The quantitative estimate of drug-likeness (QED) is 0.810. The Morgan fingerprint density at radius 3 is 2.59 bits per heavy atom. The Bertz CT molecular complexity index is 387. The highest BCUT2D eigenvalue weighted by atomic mass is 19.1. The molecule has 1 aromatic carbocycles. The van der Waals surface area contributed by atoms with Gasteiger partial charge in [0.25, 0.3) is 0 Å². The molecule has 1 aromatic rings. The summed E-state index contributed by atoms with van der Waals surface area (Å²) >= 11 is 0. The van der Waals surface area contributed by atoms with Crippen LogP contribution < -0.4 is 5.32 Å². The summed E-state index contributed by atoms with van der Waals surface area (Å²) in [4.78, 5) is 0. The normalized spacial score (nSPS) is 27.5. The fourth-order valence-electron chi connectivity index (χ4n) is 2.47. The summed E-state index contributed by atoms with van der Waals surface area (Å²) < 4.78 is 24.7. The van der Waals surface area contributed by atoms with Gasteiger partial charge in [0.15, 0.2) is 5.79 Å². The summed E-state index contributed by atoms with van der Waals surface area (Å²) in [6.07, 6.45) is 1.70. The van der Waals surface area contributed by atoms with Gasteiger partial charge in [0, 0.05) is 25.9 Å². The van der Waals surface area contributed by atoms with Crippen LogP contribution in [0, 0.1) is 5.82 Å². The van der Waals surface area contributed by atoms with Gasteiger partial charge in [-0.2, -0.15) is 0 Å². The maximum absolute atomic E-state index is 12.8. The van der Waals surface area contributed by atoms with Gasteiger partial charge in [-0.15, -0.1) is 0 Å². The fraction of sp³-hybridized carbons (Fsp3) is 0.538. The standard InChI is InChI=1S/C13H16FNO2/c14-11-3-1-10(2-4-11)12-9-16-13(17-12)5-7-15-8-6-13/h1-4,12,15H,5-9H2. The Labute approximate surface area is 99.9 Å². The van der Waals surface area contributed by atoms with Gasteiger partial charge in [-0.05, 0) is 17.7 Å². The summed E-state index contributed by atoms with van der Waals surface area (Å²) in [5.41, 5.74) is 0.988. The molecule has 3 rings (SSSR count). The van der Waals surface area contributed by atoms with E-state index in [9.17, 15) is 4.39 Å². The number of benzene rings is 1. The van der Waals surface area contributed by atoms with Crippen LogP contribution in [-0.2, 0) is 9.47 Å². The van der Waals surface area contributed by atoms with Gasteiger partial charge in [-0.1, -0.05) is 12.1 Å². The first-order valence-corrected chi connectivity index (χ1v) is 6.05. The molecule has 0 radical (unpaired) electrons. The Morgan fingerprint density at radius 2 is 1.88 bits per heavy atom. The molecule has 0 aliphatic carbocycles. The second-order valence-electron chi connectivity index (χ2n) is 4.63. The van der Waals surface area contributed by atoms with Crippen LogP contribution in [-0.4, -0.2) is 25.5 Å². The van der Waals surface area contributed by atoms with Crippen molar-refractivity contribution in [1.29, 1.82) is 0 Å². The SMILES string of the molecule is Fc1ccc(C2COC3(CCNCC3)O2)cc1. The Morgan fingerprint density at radius 1 is 1.18 bits per heavy atom. The molecule has 2 aliphatic heterocycles. The van der Waals surface area contributed by atoms with Crippen LogP contribution >= 0.6 is 0 Å². The number of nitrogens with one attached hydrogen (secondary N) is 1. The molecule has 1 atom stereocenters. The van der Waals surface area contributed by atoms with Crippen molar-refractivity contribution >= 4 is 0 Å². The van der Waals surface area contributed by atoms with Crippen molar-refractivity contribution in [1.82, 2.24) is 5.32 Å². The Kier molecular flexibility index (Phi) is 2.86. The third kappa shape index (κ3) is 2.20. The van der Waals surface area contributed by atoms with Crippen LogP contribution in [0.4, 0.5) is 4.39 Å². The van der Waals surface area contributed by atoms with Crippen molar-refractivity contribution in [3.63, 3.8) is 0 Å². The molecule has 2 aliphatic rings. The van der Waals surface area contributed by atoms with Crippen LogP contribution in [0.3, 0.4) is 0 Å². The van der Waals surface area contributed by atoms with E-state index in [0.29, 0.717) is 6.61 Å². The van der Waals surface area contributed by atoms with Crippen molar-refractivity contribution in [3.8, 4) is 0 Å². The van der Waals surface area contributed by atoms with E-state index in [1.807, 2.05) is 0 Å². The Hall–Kier alpha value is -0.970. The van der Waals surface area contributed by atoms with Crippen molar-refractivity contribution in [2.75, 3.05) is 19.7 Å². The van der Waals surface area contributed by atoms with Gasteiger partial charge in [-0.25, -0.2) is 4.39 Å². The van der Waals surface area contributed by atoms with E-state index in [1.54, 1.807) is 12.1 Å². The number of hydrogen-bond acceptors (Lipinski definition) is 3. The van der Waals surface area contributed by atoms with E-state index in [2.05, 4.69) is 5.32 Å². The molecule has 4 heteroatoms. The lowest BCUT2D eigenvalue weighted by atomic mass is 10.1. The van der Waals surface area contributed by atoms with Gasteiger partial charge in [-0.3, -0.25) is 0 Å².